The lowest BCUT2D eigenvalue weighted by molar-refractivity contribution is 0.781. The van der Waals surface area contributed by atoms with Crippen molar-refractivity contribution in [1.29, 1.82) is 0 Å². The van der Waals surface area contributed by atoms with Gasteiger partial charge in [0.2, 0.25) is 0 Å². The van der Waals surface area contributed by atoms with Gasteiger partial charge in [-0.25, -0.2) is 4.98 Å². The van der Waals surface area contributed by atoms with Gasteiger partial charge >= 0.3 is 0 Å². The SMILES string of the molecule is CCCc1nc(Cn2ccc3cccc(CNC)c32)cs1. The molecule has 0 spiro atoms. The highest BCUT2D eigenvalue weighted by Crippen LogP contribution is 2.22. The van der Waals surface area contributed by atoms with Crippen molar-refractivity contribution in [3.8, 4) is 0 Å². The summed E-state index contributed by atoms with van der Waals surface area (Å²) < 4.78 is 2.31. The summed E-state index contributed by atoms with van der Waals surface area (Å²) >= 11 is 1.78. The molecule has 0 saturated heterocycles. The van der Waals surface area contributed by atoms with Crippen molar-refractivity contribution >= 4 is 22.2 Å². The van der Waals surface area contributed by atoms with E-state index in [-0.39, 0.29) is 0 Å². The predicted octanol–water partition coefficient (Wildman–Crippen LogP) is 3.82. The highest BCUT2D eigenvalue weighted by atomic mass is 32.1. The number of benzene rings is 1. The molecule has 0 saturated carbocycles. The molecular formula is C17H21N3S. The summed E-state index contributed by atoms with van der Waals surface area (Å²) in [6, 6.07) is 8.68. The van der Waals surface area contributed by atoms with Gasteiger partial charge in [0.25, 0.3) is 0 Å². The van der Waals surface area contributed by atoms with Gasteiger partial charge in [-0.1, -0.05) is 25.1 Å². The Kier molecular flexibility index (Phi) is 4.36. The highest BCUT2D eigenvalue weighted by molar-refractivity contribution is 7.09. The zero-order valence-electron chi connectivity index (χ0n) is 12.6. The van der Waals surface area contributed by atoms with E-state index in [0.717, 1.165) is 25.9 Å². The molecule has 2 heterocycles. The number of hydrogen-bond acceptors (Lipinski definition) is 3. The normalized spacial score (nSPS) is 11.3. The van der Waals surface area contributed by atoms with E-state index in [1.165, 1.54) is 27.2 Å². The monoisotopic (exact) mass is 299 g/mol. The van der Waals surface area contributed by atoms with Crippen LogP contribution in [0.3, 0.4) is 0 Å². The molecule has 4 heteroatoms. The van der Waals surface area contributed by atoms with Gasteiger partial charge in [0, 0.05) is 18.1 Å². The number of aromatic nitrogens is 2. The third kappa shape index (κ3) is 3.01. The maximum atomic E-state index is 4.74. The Bertz CT molecular complexity index is 727. The Labute approximate surface area is 129 Å². The summed E-state index contributed by atoms with van der Waals surface area (Å²) in [5, 5.41) is 7.99. The van der Waals surface area contributed by atoms with E-state index in [2.05, 4.69) is 52.7 Å². The maximum absolute atomic E-state index is 4.74. The number of thiazole rings is 1. The molecule has 0 bridgehead atoms. The van der Waals surface area contributed by atoms with Crippen LogP contribution in [0.5, 0.6) is 0 Å². The van der Waals surface area contributed by atoms with Crippen LogP contribution in [-0.4, -0.2) is 16.6 Å². The fraction of sp³-hybridized carbons (Fsp3) is 0.353. The quantitative estimate of drug-likeness (QED) is 0.750. The van der Waals surface area contributed by atoms with Crippen molar-refractivity contribution < 1.29 is 0 Å². The Hall–Kier alpha value is -1.65. The molecule has 110 valence electrons. The van der Waals surface area contributed by atoms with Crippen LogP contribution in [0.1, 0.15) is 29.6 Å². The molecule has 3 rings (SSSR count). The first-order valence-corrected chi connectivity index (χ1v) is 8.34. The minimum Gasteiger partial charge on any atom is -0.341 e. The first-order valence-electron chi connectivity index (χ1n) is 7.46. The zero-order valence-corrected chi connectivity index (χ0v) is 13.4. The van der Waals surface area contributed by atoms with Gasteiger partial charge in [-0.3, -0.25) is 0 Å². The summed E-state index contributed by atoms with van der Waals surface area (Å²) in [6.45, 7) is 3.94. The molecule has 0 fully saturated rings. The van der Waals surface area contributed by atoms with Crippen LogP contribution in [0.25, 0.3) is 10.9 Å². The van der Waals surface area contributed by atoms with E-state index in [0.29, 0.717) is 0 Å². The Morgan fingerprint density at radius 1 is 1.29 bits per heavy atom. The lowest BCUT2D eigenvalue weighted by Gasteiger charge is -2.08. The van der Waals surface area contributed by atoms with E-state index in [4.69, 9.17) is 4.98 Å². The third-order valence-electron chi connectivity index (χ3n) is 3.63. The first kappa shape index (κ1) is 14.3. The molecule has 0 aliphatic rings. The smallest absolute Gasteiger partial charge is 0.0928 e. The van der Waals surface area contributed by atoms with Gasteiger partial charge in [0.05, 0.1) is 22.8 Å². The molecule has 0 aliphatic heterocycles. The molecule has 21 heavy (non-hydrogen) atoms. The Balaban J connectivity index is 1.92. The number of fused-ring (bicyclic) bond motifs is 1. The van der Waals surface area contributed by atoms with Gasteiger partial charge in [-0.2, -0.15) is 0 Å². The number of hydrogen-bond donors (Lipinski definition) is 1. The zero-order chi connectivity index (χ0) is 14.7. The number of nitrogens with zero attached hydrogens (tertiary/aromatic N) is 2. The second kappa shape index (κ2) is 6.41. The van der Waals surface area contributed by atoms with Gasteiger partial charge in [-0.15, -0.1) is 11.3 Å². The fourth-order valence-electron chi connectivity index (χ4n) is 2.73. The van der Waals surface area contributed by atoms with Crippen molar-refractivity contribution in [2.75, 3.05) is 7.05 Å². The number of para-hydroxylation sites is 1. The molecule has 3 nitrogen and oxygen atoms in total. The largest absolute Gasteiger partial charge is 0.341 e. The van der Waals surface area contributed by atoms with Crippen molar-refractivity contribution in [1.82, 2.24) is 14.9 Å². The highest BCUT2D eigenvalue weighted by Gasteiger charge is 2.08. The van der Waals surface area contributed by atoms with Crippen molar-refractivity contribution in [2.45, 2.75) is 32.9 Å². The molecule has 1 aromatic carbocycles. The topological polar surface area (TPSA) is 29.9 Å². The summed E-state index contributed by atoms with van der Waals surface area (Å²) in [5.74, 6) is 0. The number of nitrogens with one attached hydrogen (secondary N) is 1. The van der Waals surface area contributed by atoms with Crippen molar-refractivity contribution in [3.63, 3.8) is 0 Å². The van der Waals surface area contributed by atoms with Gasteiger partial charge in [-0.05, 0) is 36.9 Å². The van der Waals surface area contributed by atoms with E-state index >= 15 is 0 Å². The van der Waals surface area contributed by atoms with Gasteiger partial charge in [0.1, 0.15) is 0 Å². The first-order chi connectivity index (χ1) is 10.3. The van der Waals surface area contributed by atoms with E-state index in [9.17, 15) is 0 Å². The fourth-order valence-corrected chi connectivity index (χ4v) is 3.62. The third-order valence-corrected chi connectivity index (χ3v) is 4.59. The molecule has 0 atom stereocenters. The van der Waals surface area contributed by atoms with Crippen LogP contribution in [0, 0.1) is 0 Å². The molecule has 0 radical (unpaired) electrons. The second-order valence-corrected chi connectivity index (χ2v) is 6.25. The molecule has 3 aromatic rings. The van der Waals surface area contributed by atoms with Crippen LogP contribution < -0.4 is 5.32 Å². The van der Waals surface area contributed by atoms with Crippen LogP contribution in [0.2, 0.25) is 0 Å². The van der Waals surface area contributed by atoms with Crippen LogP contribution in [0.15, 0.2) is 35.8 Å². The molecular weight excluding hydrogens is 278 g/mol. The standard InChI is InChI=1S/C17H21N3S/c1-3-5-16-19-15(12-21-16)11-20-9-8-13-6-4-7-14(10-18-2)17(13)20/h4,6-9,12,18H,3,5,10-11H2,1-2H3. The van der Waals surface area contributed by atoms with Gasteiger partial charge in [0.15, 0.2) is 0 Å². The number of aryl methyl sites for hydroxylation is 1. The predicted molar refractivity (Wildman–Crippen MR) is 89.9 cm³/mol. The lowest BCUT2D eigenvalue weighted by atomic mass is 10.1. The van der Waals surface area contributed by atoms with E-state index < -0.39 is 0 Å². The average molecular weight is 299 g/mol. The lowest BCUT2D eigenvalue weighted by Crippen LogP contribution is -2.08. The van der Waals surface area contributed by atoms with Gasteiger partial charge < -0.3 is 9.88 Å². The number of rotatable bonds is 6. The van der Waals surface area contributed by atoms with Crippen molar-refractivity contribution in [3.05, 3.63) is 52.1 Å². The van der Waals surface area contributed by atoms with E-state index in [1.807, 2.05) is 7.05 Å². The van der Waals surface area contributed by atoms with Crippen molar-refractivity contribution in [2.24, 2.45) is 0 Å². The molecule has 1 N–H and O–H groups in total. The summed E-state index contributed by atoms with van der Waals surface area (Å²) in [7, 11) is 1.99. The van der Waals surface area contributed by atoms with Crippen LogP contribution >= 0.6 is 11.3 Å². The minimum atomic E-state index is 0.852. The van der Waals surface area contributed by atoms with Crippen LogP contribution in [-0.2, 0) is 19.5 Å². The molecule has 0 amide bonds. The molecule has 2 aromatic heterocycles. The summed E-state index contributed by atoms with van der Waals surface area (Å²) in [4.78, 5) is 4.74. The van der Waals surface area contributed by atoms with E-state index in [1.54, 1.807) is 11.3 Å². The Morgan fingerprint density at radius 3 is 3.00 bits per heavy atom. The minimum absolute atomic E-state index is 0.852. The maximum Gasteiger partial charge on any atom is 0.0928 e. The Morgan fingerprint density at radius 2 is 2.19 bits per heavy atom. The molecule has 0 unspecified atom stereocenters. The second-order valence-electron chi connectivity index (χ2n) is 5.31. The summed E-state index contributed by atoms with van der Waals surface area (Å²) in [6.07, 6.45) is 4.41. The average Bonchev–Trinajstić information content (AvgIpc) is 3.09. The summed E-state index contributed by atoms with van der Waals surface area (Å²) in [5.41, 5.74) is 3.82. The molecule has 0 aliphatic carbocycles. The van der Waals surface area contributed by atoms with Crippen LogP contribution in [0.4, 0.5) is 0 Å².